The van der Waals surface area contributed by atoms with Crippen LogP contribution in [0.3, 0.4) is 0 Å². The second-order valence-electron chi connectivity index (χ2n) is 8.52. The van der Waals surface area contributed by atoms with Gasteiger partial charge in [-0.1, -0.05) is 18.9 Å². The molecule has 2 aliphatic heterocycles. The zero-order valence-corrected chi connectivity index (χ0v) is 17.4. The molecule has 3 aliphatic rings. The average Bonchev–Trinajstić information content (AvgIpc) is 3.55. The highest BCUT2D eigenvalue weighted by molar-refractivity contribution is 5.99. The molecule has 5 rings (SSSR count). The van der Waals surface area contributed by atoms with Crippen molar-refractivity contribution in [1.82, 2.24) is 20.4 Å². The Balaban J connectivity index is 1.34. The molecule has 0 spiro atoms. The molecule has 1 aromatic carbocycles. The number of rotatable bonds is 5. The zero-order valence-electron chi connectivity index (χ0n) is 17.4. The van der Waals surface area contributed by atoms with Crippen molar-refractivity contribution in [2.75, 3.05) is 6.61 Å². The van der Waals surface area contributed by atoms with Gasteiger partial charge in [-0.05, 0) is 43.4 Å². The smallest absolute Gasteiger partial charge is 0.314 e. The molecular weight excluding hydrogens is 422 g/mol. The molecule has 0 radical (unpaired) electrons. The third-order valence-electron chi connectivity index (χ3n) is 6.50. The lowest BCUT2D eigenvalue weighted by atomic mass is 9.89. The van der Waals surface area contributed by atoms with Crippen LogP contribution in [0.15, 0.2) is 22.6 Å². The molecule has 3 atom stereocenters. The standard InChI is InChI=1S/C22H24F2N4O4/c23-18(24)21-27-26-20(32-21)12-7-8-13-11-28(22(30)14(13)10-12)16-5-2-1-4-15(16)25-19(29)17-6-3-9-31-17/h7-8,10,15-18H,1-6,9,11H2,(H,25,29)/t15-,16-,17+/m1/s1. The van der Waals surface area contributed by atoms with Crippen LogP contribution in [0, 0.1) is 0 Å². The van der Waals surface area contributed by atoms with Crippen LogP contribution in [0.1, 0.15) is 66.8 Å². The maximum absolute atomic E-state index is 13.3. The van der Waals surface area contributed by atoms with Crippen molar-refractivity contribution in [2.24, 2.45) is 0 Å². The Morgan fingerprint density at radius 2 is 2.00 bits per heavy atom. The molecule has 0 bridgehead atoms. The molecule has 10 heteroatoms. The number of carbonyl (C=O) groups excluding carboxylic acids is 2. The molecule has 1 saturated heterocycles. The van der Waals surface area contributed by atoms with Gasteiger partial charge in [-0.3, -0.25) is 9.59 Å². The molecule has 2 aromatic rings. The quantitative estimate of drug-likeness (QED) is 0.757. The van der Waals surface area contributed by atoms with E-state index in [1.54, 1.807) is 18.2 Å². The summed E-state index contributed by atoms with van der Waals surface area (Å²) >= 11 is 0. The fourth-order valence-corrected chi connectivity index (χ4v) is 4.88. The Morgan fingerprint density at radius 1 is 1.16 bits per heavy atom. The normalized spacial score (nSPS) is 25.4. The van der Waals surface area contributed by atoms with E-state index in [0.29, 0.717) is 24.3 Å². The molecule has 1 aliphatic carbocycles. The van der Waals surface area contributed by atoms with Gasteiger partial charge >= 0.3 is 6.43 Å². The number of halogens is 2. The minimum atomic E-state index is -2.85. The lowest BCUT2D eigenvalue weighted by Gasteiger charge is -2.38. The predicted molar refractivity (Wildman–Crippen MR) is 108 cm³/mol. The van der Waals surface area contributed by atoms with Crippen LogP contribution < -0.4 is 5.32 Å². The highest BCUT2D eigenvalue weighted by Gasteiger charge is 2.39. The number of hydrogen-bond donors (Lipinski definition) is 1. The van der Waals surface area contributed by atoms with Crippen LogP contribution in [0.25, 0.3) is 11.5 Å². The van der Waals surface area contributed by atoms with Gasteiger partial charge in [0.15, 0.2) is 0 Å². The third kappa shape index (κ3) is 3.87. The Bertz CT molecular complexity index is 1020. The molecule has 32 heavy (non-hydrogen) atoms. The van der Waals surface area contributed by atoms with Gasteiger partial charge in [-0.15, -0.1) is 10.2 Å². The highest BCUT2D eigenvalue weighted by Crippen LogP contribution is 2.34. The number of nitrogens with one attached hydrogen (secondary N) is 1. The molecule has 1 N–H and O–H groups in total. The number of fused-ring (bicyclic) bond motifs is 1. The van der Waals surface area contributed by atoms with Crippen molar-refractivity contribution >= 4 is 11.8 Å². The summed E-state index contributed by atoms with van der Waals surface area (Å²) in [5.41, 5.74) is 1.77. The van der Waals surface area contributed by atoms with Crippen LogP contribution in [-0.4, -0.2) is 51.7 Å². The van der Waals surface area contributed by atoms with Crippen molar-refractivity contribution < 1.29 is 27.5 Å². The van der Waals surface area contributed by atoms with Gasteiger partial charge in [-0.25, -0.2) is 0 Å². The minimum Gasteiger partial charge on any atom is -0.415 e. The minimum absolute atomic E-state index is 0.0475. The van der Waals surface area contributed by atoms with E-state index in [0.717, 1.165) is 44.1 Å². The van der Waals surface area contributed by atoms with Gasteiger partial charge in [0.1, 0.15) is 6.10 Å². The third-order valence-corrected chi connectivity index (χ3v) is 6.50. The molecule has 1 aromatic heterocycles. The van der Waals surface area contributed by atoms with Gasteiger partial charge in [0, 0.05) is 30.3 Å². The fraction of sp³-hybridized carbons (Fsp3) is 0.545. The predicted octanol–water partition coefficient (Wildman–Crippen LogP) is 3.24. The number of nitrogens with zero attached hydrogens (tertiary/aromatic N) is 3. The van der Waals surface area contributed by atoms with Crippen molar-refractivity contribution in [3.05, 3.63) is 35.2 Å². The van der Waals surface area contributed by atoms with Crippen molar-refractivity contribution in [2.45, 2.75) is 69.7 Å². The summed E-state index contributed by atoms with van der Waals surface area (Å²) in [6.07, 6.45) is 1.96. The summed E-state index contributed by atoms with van der Waals surface area (Å²) in [5, 5.41) is 10.1. The van der Waals surface area contributed by atoms with Crippen LogP contribution >= 0.6 is 0 Å². The Morgan fingerprint density at radius 3 is 2.75 bits per heavy atom. The van der Waals surface area contributed by atoms with E-state index >= 15 is 0 Å². The second-order valence-corrected chi connectivity index (χ2v) is 8.52. The molecule has 3 heterocycles. The van der Waals surface area contributed by atoms with Gasteiger partial charge in [0.25, 0.3) is 11.8 Å². The maximum Gasteiger partial charge on any atom is 0.314 e. The molecule has 8 nitrogen and oxygen atoms in total. The average molecular weight is 446 g/mol. The van der Waals surface area contributed by atoms with Gasteiger partial charge in [-0.2, -0.15) is 8.78 Å². The zero-order chi connectivity index (χ0) is 22.2. The Kier molecular flexibility index (Phi) is 5.62. The molecule has 0 unspecified atom stereocenters. The van der Waals surface area contributed by atoms with Gasteiger partial charge < -0.3 is 19.4 Å². The largest absolute Gasteiger partial charge is 0.415 e. The van der Waals surface area contributed by atoms with E-state index in [9.17, 15) is 18.4 Å². The van der Waals surface area contributed by atoms with Crippen LogP contribution in [-0.2, 0) is 16.1 Å². The summed E-state index contributed by atoms with van der Waals surface area (Å²) in [6.45, 7) is 1.05. The van der Waals surface area contributed by atoms with Crippen molar-refractivity contribution in [3.8, 4) is 11.5 Å². The van der Waals surface area contributed by atoms with Crippen LogP contribution in [0.5, 0.6) is 0 Å². The summed E-state index contributed by atoms with van der Waals surface area (Å²) in [4.78, 5) is 27.7. The van der Waals surface area contributed by atoms with Crippen LogP contribution in [0.4, 0.5) is 8.78 Å². The van der Waals surface area contributed by atoms with Crippen molar-refractivity contribution in [1.29, 1.82) is 0 Å². The SMILES string of the molecule is O=C(N[C@@H]1CCCC[C@H]1N1Cc2ccc(-c3nnc(C(F)F)o3)cc2C1=O)[C@@H]1CCCO1. The summed E-state index contributed by atoms with van der Waals surface area (Å²) in [7, 11) is 0. The van der Waals surface area contributed by atoms with Crippen LogP contribution in [0.2, 0.25) is 0 Å². The summed E-state index contributed by atoms with van der Waals surface area (Å²) in [6, 6.07) is 4.87. The Hall–Kier alpha value is -2.88. The topological polar surface area (TPSA) is 97.6 Å². The fourth-order valence-electron chi connectivity index (χ4n) is 4.88. The Labute approximate surface area is 183 Å². The maximum atomic E-state index is 13.3. The van der Waals surface area contributed by atoms with Crippen molar-refractivity contribution in [3.63, 3.8) is 0 Å². The highest BCUT2D eigenvalue weighted by atomic mass is 19.3. The number of benzene rings is 1. The van der Waals surface area contributed by atoms with E-state index < -0.39 is 18.4 Å². The number of amides is 2. The molecule has 2 amide bonds. The molecular formula is C22H24F2N4O4. The van der Waals surface area contributed by atoms with E-state index in [4.69, 9.17) is 9.15 Å². The first kappa shape index (κ1) is 21.0. The van der Waals surface area contributed by atoms with E-state index in [-0.39, 0.29) is 29.8 Å². The molecule has 1 saturated carbocycles. The monoisotopic (exact) mass is 446 g/mol. The van der Waals surface area contributed by atoms with Gasteiger partial charge in [0.2, 0.25) is 11.8 Å². The summed E-state index contributed by atoms with van der Waals surface area (Å²) < 4.78 is 36.1. The first-order chi connectivity index (χ1) is 15.5. The van der Waals surface area contributed by atoms with Gasteiger partial charge in [0.05, 0.1) is 6.04 Å². The lowest BCUT2D eigenvalue weighted by Crippen LogP contribution is -2.55. The first-order valence-electron chi connectivity index (χ1n) is 11.0. The van der Waals surface area contributed by atoms with E-state index in [1.165, 1.54) is 0 Å². The summed E-state index contributed by atoms with van der Waals surface area (Å²) in [5.74, 6) is -1.04. The molecule has 170 valence electrons. The number of ether oxygens (including phenoxy) is 1. The number of alkyl halides is 2. The lowest BCUT2D eigenvalue weighted by molar-refractivity contribution is -0.131. The van der Waals surface area contributed by atoms with E-state index in [2.05, 4.69) is 15.5 Å². The second kappa shape index (κ2) is 8.57. The number of aromatic nitrogens is 2. The number of hydrogen-bond acceptors (Lipinski definition) is 6. The number of carbonyl (C=O) groups is 2. The molecule has 2 fully saturated rings. The van der Waals surface area contributed by atoms with E-state index in [1.807, 2.05) is 4.90 Å². The first-order valence-corrected chi connectivity index (χ1v) is 11.0.